The number of hydrazone groups is 1. The van der Waals surface area contributed by atoms with Crippen molar-refractivity contribution in [3.8, 4) is 17.2 Å². The van der Waals surface area contributed by atoms with E-state index in [0.29, 0.717) is 33.1 Å². The molecule has 8 nitrogen and oxygen atoms in total. The molecule has 1 aromatic heterocycles. The summed E-state index contributed by atoms with van der Waals surface area (Å²) in [5.74, 6) is -0.188. The molecule has 0 spiro atoms. The van der Waals surface area contributed by atoms with Crippen LogP contribution in [0.4, 0.5) is 0 Å². The zero-order valence-electron chi connectivity index (χ0n) is 17.9. The maximum atomic E-state index is 13.2. The third kappa shape index (κ3) is 5.13. The van der Waals surface area contributed by atoms with Crippen LogP contribution >= 0.6 is 27.7 Å². The van der Waals surface area contributed by atoms with Gasteiger partial charge in [0.05, 0.1) is 35.7 Å². The molecule has 0 unspecified atom stereocenters. The van der Waals surface area contributed by atoms with Gasteiger partial charge in [-0.25, -0.2) is 10.4 Å². The van der Waals surface area contributed by atoms with Gasteiger partial charge >= 0.3 is 0 Å². The molecular formula is C24H19BrN4O4S. The number of para-hydroxylation sites is 2. The first-order valence-corrected chi connectivity index (χ1v) is 11.8. The number of hydrogen-bond acceptors (Lipinski definition) is 7. The summed E-state index contributed by atoms with van der Waals surface area (Å²) >= 11 is 4.52. The average Bonchev–Trinajstić information content (AvgIpc) is 2.85. The summed E-state index contributed by atoms with van der Waals surface area (Å²) in [6.07, 6.45) is 1.33. The predicted octanol–water partition coefficient (Wildman–Crippen LogP) is 4.10. The molecule has 4 aromatic rings. The van der Waals surface area contributed by atoms with E-state index in [4.69, 9.17) is 4.74 Å². The Morgan fingerprint density at radius 2 is 1.94 bits per heavy atom. The maximum Gasteiger partial charge on any atom is 0.266 e. The summed E-state index contributed by atoms with van der Waals surface area (Å²) < 4.78 is 7.43. The Bertz CT molecular complexity index is 1440. The first kappa shape index (κ1) is 23.5. The summed E-state index contributed by atoms with van der Waals surface area (Å²) in [5, 5.41) is 14.9. The standard InChI is InChI=1S/C24H19BrN4O4S/c1-33-20-8-4-5-15(22(20)31)13-26-28-21(30)14-34-24-27-19-7-3-2-6-18(19)23(32)29(24)17-11-9-16(25)10-12-17/h2-13,31H,14H2,1H3,(H,28,30)/b26-13-. The van der Waals surface area contributed by atoms with Gasteiger partial charge in [0.2, 0.25) is 0 Å². The topological polar surface area (TPSA) is 106 Å². The number of hydrogen-bond donors (Lipinski definition) is 2. The van der Waals surface area contributed by atoms with Crippen LogP contribution in [-0.2, 0) is 4.79 Å². The van der Waals surface area contributed by atoms with Gasteiger partial charge in [-0.3, -0.25) is 14.2 Å². The van der Waals surface area contributed by atoms with Gasteiger partial charge in [-0.1, -0.05) is 45.9 Å². The number of nitrogens with zero attached hydrogens (tertiary/aromatic N) is 3. The van der Waals surface area contributed by atoms with Crippen molar-refractivity contribution in [2.24, 2.45) is 5.10 Å². The van der Waals surface area contributed by atoms with Gasteiger partial charge in [0.25, 0.3) is 11.5 Å². The number of nitrogens with one attached hydrogen (secondary N) is 1. The monoisotopic (exact) mass is 538 g/mol. The molecule has 0 aliphatic carbocycles. The highest BCUT2D eigenvalue weighted by Gasteiger charge is 2.15. The minimum absolute atomic E-state index is 0.0251. The van der Waals surface area contributed by atoms with E-state index in [1.165, 1.54) is 17.9 Å². The number of halogens is 1. The summed E-state index contributed by atoms with van der Waals surface area (Å²) in [4.78, 5) is 30.2. The third-order valence-corrected chi connectivity index (χ3v) is 6.27. The number of ether oxygens (including phenoxy) is 1. The Morgan fingerprint density at radius 1 is 1.18 bits per heavy atom. The second-order valence-electron chi connectivity index (χ2n) is 7.01. The van der Waals surface area contributed by atoms with Crippen LogP contribution in [0.2, 0.25) is 0 Å². The number of aromatic nitrogens is 2. The van der Waals surface area contributed by atoms with Crippen molar-refractivity contribution >= 4 is 50.7 Å². The molecule has 10 heteroatoms. The Hall–Kier alpha value is -3.63. The molecule has 1 heterocycles. The number of carbonyl (C=O) groups is 1. The normalized spacial score (nSPS) is 11.1. The molecule has 172 valence electrons. The summed E-state index contributed by atoms with van der Waals surface area (Å²) in [7, 11) is 1.45. The number of phenolic OH excluding ortho intramolecular Hbond substituents is 1. The van der Waals surface area contributed by atoms with E-state index in [-0.39, 0.29) is 17.1 Å². The van der Waals surface area contributed by atoms with E-state index in [2.05, 4.69) is 31.4 Å². The van der Waals surface area contributed by atoms with Crippen molar-refractivity contribution in [2.45, 2.75) is 5.16 Å². The predicted molar refractivity (Wildman–Crippen MR) is 136 cm³/mol. The lowest BCUT2D eigenvalue weighted by atomic mass is 10.2. The Kier molecular flexibility index (Phi) is 7.29. The van der Waals surface area contributed by atoms with Gasteiger partial charge in [-0.2, -0.15) is 5.10 Å². The minimum atomic E-state index is -0.395. The Balaban J connectivity index is 1.55. The van der Waals surface area contributed by atoms with Gasteiger partial charge in [-0.15, -0.1) is 0 Å². The molecule has 0 aliphatic rings. The van der Waals surface area contributed by atoms with Crippen LogP contribution in [0.15, 0.2) is 86.3 Å². The molecule has 3 aromatic carbocycles. The van der Waals surface area contributed by atoms with Crippen LogP contribution in [0.3, 0.4) is 0 Å². The number of phenols is 1. The highest BCUT2D eigenvalue weighted by atomic mass is 79.9. The van der Waals surface area contributed by atoms with Crippen LogP contribution in [0.1, 0.15) is 5.56 Å². The van der Waals surface area contributed by atoms with Crippen LogP contribution < -0.4 is 15.7 Å². The molecule has 1 amide bonds. The van der Waals surface area contributed by atoms with Crippen molar-refractivity contribution in [1.82, 2.24) is 15.0 Å². The van der Waals surface area contributed by atoms with Crippen molar-refractivity contribution in [3.05, 3.63) is 87.1 Å². The van der Waals surface area contributed by atoms with E-state index < -0.39 is 5.91 Å². The first-order chi connectivity index (χ1) is 16.5. The van der Waals surface area contributed by atoms with Crippen LogP contribution in [0.25, 0.3) is 16.6 Å². The van der Waals surface area contributed by atoms with Gasteiger partial charge in [0, 0.05) is 10.0 Å². The van der Waals surface area contributed by atoms with Gasteiger partial charge in [0.1, 0.15) is 0 Å². The Labute approximate surface area is 207 Å². The molecule has 2 N–H and O–H groups in total. The van der Waals surface area contributed by atoms with Crippen molar-refractivity contribution in [3.63, 3.8) is 0 Å². The summed E-state index contributed by atoms with van der Waals surface area (Å²) in [5.41, 5.74) is 3.79. The highest BCUT2D eigenvalue weighted by Crippen LogP contribution is 2.28. The van der Waals surface area contributed by atoms with Gasteiger partial charge < -0.3 is 9.84 Å². The molecule has 0 aliphatic heterocycles. The number of methoxy groups -OCH3 is 1. The largest absolute Gasteiger partial charge is 0.504 e. The molecule has 0 bridgehead atoms. The van der Waals surface area contributed by atoms with E-state index in [0.717, 1.165) is 16.2 Å². The zero-order valence-corrected chi connectivity index (χ0v) is 20.3. The second kappa shape index (κ2) is 10.5. The highest BCUT2D eigenvalue weighted by molar-refractivity contribution is 9.10. The number of amides is 1. The van der Waals surface area contributed by atoms with Crippen LogP contribution in [0, 0.1) is 0 Å². The molecule has 0 fully saturated rings. The minimum Gasteiger partial charge on any atom is -0.504 e. The van der Waals surface area contributed by atoms with Crippen LogP contribution in [-0.4, -0.2) is 39.6 Å². The van der Waals surface area contributed by atoms with Gasteiger partial charge in [-0.05, 0) is 48.5 Å². The zero-order chi connectivity index (χ0) is 24.1. The molecule has 0 saturated heterocycles. The third-order valence-electron chi connectivity index (χ3n) is 4.81. The lowest BCUT2D eigenvalue weighted by Gasteiger charge is -2.13. The summed E-state index contributed by atoms with van der Waals surface area (Å²) in [6, 6.07) is 19.3. The fourth-order valence-corrected chi connectivity index (χ4v) is 4.24. The lowest BCUT2D eigenvalue weighted by Crippen LogP contribution is -2.24. The fraction of sp³-hybridized carbons (Fsp3) is 0.0833. The number of thioether (sulfide) groups is 1. The van der Waals surface area contributed by atoms with Crippen LogP contribution in [0.5, 0.6) is 11.5 Å². The number of aromatic hydroxyl groups is 1. The van der Waals surface area contributed by atoms with E-state index in [1.54, 1.807) is 48.5 Å². The smallest absolute Gasteiger partial charge is 0.266 e. The van der Waals surface area contributed by atoms with E-state index >= 15 is 0 Å². The number of carbonyl (C=O) groups excluding carboxylic acids is 1. The molecule has 0 radical (unpaired) electrons. The molecule has 0 atom stereocenters. The second-order valence-corrected chi connectivity index (χ2v) is 8.87. The quantitative estimate of drug-likeness (QED) is 0.159. The Morgan fingerprint density at radius 3 is 2.71 bits per heavy atom. The fourth-order valence-electron chi connectivity index (χ4n) is 3.17. The van der Waals surface area contributed by atoms with E-state index in [1.807, 2.05) is 18.2 Å². The van der Waals surface area contributed by atoms with Crippen molar-refractivity contribution < 1.29 is 14.6 Å². The SMILES string of the molecule is COc1cccc(/C=N\NC(=O)CSc2nc3ccccc3c(=O)n2-c2ccc(Br)cc2)c1O. The summed E-state index contributed by atoms with van der Waals surface area (Å²) in [6.45, 7) is 0. The maximum absolute atomic E-state index is 13.2. The molecule has 4 rings (SSSR count). The molecule has 34 heavy (non-hydrogen) atoms. The molecular weight excluding hydrogens is 520 g/mol. The van der Waals surface area contributed by atoms with Gasteiger partial charge in [0.15, 0.2) is 16.7 Å². The lowest BCUT2D eigenvalue weighted by molar-refractivity contribution is -0.118. The number of benzene rings is 3. The first-order valence-electron chi connectivity index (χ1n) is 10.1. The van der Waals surface area contributed by atoms with E-state index in [9.17, 15) is 14.7 Å². The number of fused-ring (bicyclic) bond motifs is 1. The average molecular weight is 539 g/mol. The number of rotatable bonds is 7. The molecule has 0 saturated carbocycles. The van der Waals surface area contributed by atoms with Crippen molar-refractivity contribution in [1.29, 1.82) is 0 Å². The van der Waals surface area contributed by atoms with Crippen molar-refractivity contribution in [2.75, 3.05) is 12.9 Å².